The highest BCUT2D eigenvalue weighted by Gasteiger charge is 2.05. The monoisotopic (exact) mass is 340 g/mol. The van der Waals surface area contributed by atoms with Gasteiger partial charge in [0.2, 0.25) is 0 Å². The lowest BCUT2D eigenvalue weighted by Gasteiger charge is -2.09. The molecule has 0 amide bonds. The Morgan fingerprint density at radius 3 is 2.95 bits per heavy atom. The van der Waals surface area contributed by atoms with E-state index in [4.69, 9.17) is 16.3 Å². The first-order valence-corrected chi connectivity index (χ1v) is 7.13. The largest absolute Gasteiger partial charge is 0.454 e. The molecule has 0 atom stereocenters. The molecule has 0 bridgehead atoms. The van der Waals surface area contributed by atoms with Crippen molar-refractivity contribution in [3.63, 3.8) is 0 Å². The molecule has 0 spiro atoms. The fourth-order valence-electron chi connectivity index (χ4n) is 1.57. The summed E-state index contributed by atoms with van der Waals surface area (Å²) in [6.07, 6.45) is 3.49. The van der Waals surface area contributed by atoms with Crippen LogP contribution < -0.4 is 10.1 Å². The maximum absolute atomic E-state index is 6.09. The number of nitrogens with zero attached hydrogens (tertiary/aromatic N) is 1. The zero-order chi connectivity index (χ0) is 13.7. The third-order valence-electron chi connectivity index (χ3n) is 2.47. The molecule has 0 aliphatic rings. The molecule has 100 valence electrons. The van der Waals surface area contributed by atoms with Gasteiger partial charge in [0.05, 0.1) is 11.2 Å². The van der Waals surface area contributed by atoms with Crippen molar-refractivity contribution in [3.8, 4) is 11.5 Å². The molecular weight excluding hydrogens is 328 g/mol. The maximum atomic E-state index is 6.09. The predicted molar refractivity (Wildman–Crippen MR) is 80.8 cm³/mol. The summed E-state index contributed by atoms with van der Waals surface area (Å²) in [5.74, 6) is 1.29. The molecule has 1 heterocycles. The summed E-state index contributed by atoms with van der Waals surface area (Å²) in [5.41, 5.74) is 1.07. The Morgan fingerprint density at radius 1 is 1.32 bits per heavy atom. The Bertz CT molecular complexity index is 563. The minimum Gasteiger partial charge on any atom is -0.454 e. The van der Waals surface area contributed by atoms with Crippen molar-refractivity contribution in [2.45, 2.75) is 13.5 Å². The van der Waals surface area contributed by atoms with Crippen LogP contribution in [0.3, 0.4) is 0 Å². The van der Waals surface area contributed by atoms with Gasteiger partial charge in [-0.1, -0.05) is 34.5 Å². The maximum Gasteiger partial charge on any atom is 0.147 e. The van der Waals surface area contributed by atoms with Crippen molar-refractivity contribution in [1.82, 2.24) is 10.3 Å². The summed E-state index contributed by atoms with van der Waals surface area (Å²) >= 11 is 9.48. The van der Waals surface area contributed by atoms with Gasteiger partial charge in [-0.3, -0.25) is 4.98 Å². The smallest absolute Gasteiger partial charge is 0.147 e. The molecule has 19 heavy (non-hydrogen) atoms. The van der Waals surface area contributed by atoms with Crippen LogP contribution in [0.1, 0.15) is 12.5 Å². The normalized spacial score (nSPS) is 10.5. The van der Waals surface area contributed by atoms with Gasteiger partial charge >= 0.3 is 0 Å². The molecule has 1 aromatic heterocycles. The summed E-state index contributed by atoms with van der Waals surface area (Å²) in [7, 11) is 0. The number of rotatable bonds is 5. The van der Waals surface area contributed by atoms with E-state index < -0.39 is 0 Å². The van der Waals surface area contributed by atoms with Gasteiger partial charge in [-0.2, -0.15) is 0 Å². The number of halogens is 2. The third-order valence-corrected chi connectivity index (χ3v) is 3.28. The lowest BCUT2D eigenvalue weighted by atomic mass is 10.2. The Hall–Kier alpha value is -1.10. The molecule has 3 nitrogen and oxygen atoms in total. The van der Waals surface area contributed by atoms with E-state index in [2.05, 4.69) is 33.2 Å². The molecule has 0 saturated carbocycles. The fourth-order valence-corrected chi connectivity index (χ4v) is 2.06. The van der Waals surface area contributed by atoms with E-state index in [1.54, 1.807) is 12.3 Å². The summed E-state index contributed by atoms with van der Waals surface area (Å²) in [6, 6.07) is 7.44. The third kappa shape index (κ3) is 4.20. The van der Waals surface area contributed by atoms with Crippen molar-refractivity contribution in [2.75, 3.05) is 6.54 Å². The molecule has 0 radical (unpaired) electrons. The molecule has 2 rings (SSSR count). The van der Waals surface area contributed by atoms with E-state index in [-0.39, 0.29) is 0 Å². The Balaban J connectivity index is 2.16. The SMILES string of the molecule is CCNCc1cncc(Oc2cc(Br)ccc2Cl)c1. The van der Waals surface area contributed by atoms with E-state index >= 15 is 0 Å². The van der Waals surface area contributed by atoms with Gasteiger partial charge in [-0.15, -0.1) is 0 Å². The minimum atomic E-state index is 0.570. The van der Waals surface area contributed by atoms with Crippen LogP contribution in [-0.2, 0) is 6.54 Å². The second-order valence-corrected chi connectivity index (χ2v) is 5.31. The quantitative estimate of drug-likeness (QED) is 0.875. The highest BCUT2D eigenvalue weighted by Crippen LogP contribution is 2.31. The van der Waals surface area contributed by atoms with E-state index in [0.717, 1.165) is 23.1 Å². The van der Waals surface area contributed by atoms with Gasteiger partial charge < -0.3 is 10.1 Å². The van der Waals surface area contributed by atoms with E-state index in [0.29, 0.717) is 16.5 Å². The molecule has 2 aromatic rings. The van der Waals surface area contributed by atoms with Crippen LogP contribution in [-0.4, -0.2) is 11.5 Å². The molecule has 0 fully saturated rings. The van der Waals surface area contributed by atoms with Crippen LogP contribution in [0.5, 0.6) is 11.5 Å². The molecule has 0 aliphatic heterocycles. The molecule has 1 aromatic carbocycles. The van der Waals surface area contributed by atoms with Crippen LogP contribution in [0.4, 0.5) is 0 Å². The Morgan fingerprint density at radius 2 is 2.16 bits per heavy atom. The average Bonchev–Trinajstić information content (AvgIpc) is 2.41. The average molecular weight is 342 g/mol. The molecule has 0 saturated heterocycles. The fraction of sp³-hybridized carbons (Fsp3) is 0.214. The lowest BCUT2D eigenvalue weighted by molar-refractivity contribution is 0.479. The van der Waals surface area contributed by atoms with Gasteiger partial charge in [0.15, 0.2) is 0 Å². The van der Waals surface area contributed by atoms with Crippen LogP contribution in [0.25, 0.3) is 0 Å². The first-order valence-electron chi connectivity index (χ1n) is 5.96. The lowest BCUT2D eigenvalue weighted by Crippen LogP contribution is -2.11. The molecular formula is C14H14BrClN2O. The van der Waals surface area contributed by atoms with Crippen molar-refractivity contribution in [3.05, 3.63) is 51.7 Å². The first-order chi connectivity index (χ1) is 9.19. The summed E-state index contributed by atoms with van der Waals surface area (Å²) in [5, 5.41) is 3.82. The number of nitrogens with one attached hydrogen (secondary N) is 1. The summed E-state index contributed by atoms with van der Waals surface area (Å²) in [6.45, 7) is 3.75. The Labute approximate surface area is 126 Å². The van der Waals surface area contributed by atoms with Crippen LogP contribution >= 0.6 is 27.5 Å². The number of hydrogen-bond acceptors (Lipinski definition) is 3. The van der Waals surface area contributed by atoms with E-state index in [1.807, 2.05) is 24.4 Å². The van der Waals surface area contributed by atoms with Crippen LogP contribution in [0.2, 0.25) is 5.02 Å². The number of benzene rings is 1. The number of ether oxygens (including phenoxy) is 1. The topological polar surface area (TPSA) is 34.2 Å². The second kappa shape index (κ2) is 6.89. The first kappa shape index (κ1) is 14.3. The van der Waals surface area contributed by atoms with Crippen molar-refractivity contribution in [1.29, 1.82) is 0 Å². The highest BCUT2D eigenvalue weighted by atomic mass is 79.9. The summed E-state index contributed by atoms with van der Waals surface area (Å²) < 4.78 is 6.68. The van der Waals surface area contributed by atoms with Crippen molar-refractivity contribution >= 4 is 27.5 Å². The molecule has 0 unspecified atom stereocenters. The molecule has 0 aliphatic carbocycles. The van der Waals surface area contributed by atoms with Crippen molar-refractivity contribution in [2.24, 2.45) is 0 Å². The van der Waals surface area contributed by atoms with Gasteiger partial charge in [0.25, 0.3) is 0 Å². The second-order valence-electron chi connectivity index (χ2n) is 3.99. The van der Waals surface area contributed by atoms with Gasteiger partial charge in [0.1, 0.15) is 11.5 Å². The predicted octanol–water partition coefficient (Wildman–Crippen LogP) is 4.40. The van der Waals surface area contributed by atoms with E-state index in [9.17, 15) is 0 Å². The van der Waals surface area contributed by atoms with Gasteiger partial charge in [-0.25, -0.2) is 0 Å². The minimum absolute atomic E-state index is 0.570. The number of pyridine rings is 1. The van der Waals surface area contributed by atoms with E-state index in [1.165, 1.54) is 0 Å². The number of hydrogen-bond donors (Lipinski definition) is 1. The summed E-state index contributed by atoms with van der Waals surface area (Å²) in [4.78, 5) is 4.17. The van der Waals surface area contributed by atoms with Crippen LogP contribution in [0, 0.1) is 0 Å². The van der Waals surface area contributed by atoms with Gasteiger partial charge in [-0.05, 0) is 36.4 Å². The molecule has 1 N–H and O–H groups in total. The molecule has 5 heteroatoms. The van der Waals surface area contributed by atoms with Crippen molar-refractivity contribution < 1.29 is 4.74 Å². The standard InChI is InChI=1S/C14H14BrClN2O/c1-2-17-7-10-5-12(9-18-8-10)19-14-6-11(15)3-4-13(14)16/h3-6,8-9,17H,2,7H2,1H3. The van der Waals surface area contributed by atoms with Gasteiger partial charge in [0, 0.05) is 17.2 Å². The zero-order valence-corrected chi connectivity index (χ0v) is 12.8. The zero-order valence-electron chi connectivity index (χ0n) is 10.5. The van der Waals surface area contributed by atoms with Crippen LogP contribution in [0.15, 0.2) is 41.1 Å². The highest BCUT2D eigenvalue weighted by molar-refractivity contribution is 9.10. The Kier molecular flexibility index (Phi) is 5.19. The number of aromatic nitrogens is 1.